The van der Waals surface area contributed by atoms with Crippen LogP contribution in [-0.2, 0) is 25.8 Å². The lowest BCUT2D eigenvalue weighted by atomic mass is 9.56. The minimum Gasteiger partial charge on any atom is -0.465 e. The summed E-state index contributed by atoms with van der Waals surface area (Å²) in [4.78, 5) is 14.4. The summed E-state index contributed by atoms with van der Waals surface area (Å²) < 4.78 is 19.2. The van der Waals surface area contributed by atoms with E-state index in [1.807, 2.05) is 6.92 Å². The van der Waals surface area contributed by atoms with Gasteiger partial charge in [0.1, 0.15) is 5.75 Å². The maximum Gasteiger partial charge on any atom is 0.205 e. The third-order valence-electron chi connectivity index (χ3n) is 8.56. The molecule has 1 spiro atoms. The number of fused-ring (bicyclic) bond motifs is 1. The van der Waals surface area contributed by atoms with Gasteiger partial charge in [-0.1, -0.05) is 26.0 Å². The number of nitrogens with zero attached hydrogens (tertiary/aromatic N) is 1. The summed E-state index contributed by atoms with van der Waals surface area (Å²) in [5.41, 5.74) is 0.815. The summed E-state index contributed by atoms with van der Waals surface area (Å²) in [6, 6.07) is 8.51. The summed E-state index contributed by atoms with van der Waals surface area (Å²) in [5.74, 6) is 1.54. The van der Waals surface area contributed by atoms with Crippen LogP contribution in [0.1, 0.15) is 58.4 Å². The van der Waals surface area contributed by atoms with Crippen molar-refractivity contribution < 1.29 is 24.0 Å². The molecule has 7 rings (SSSR count). The molecule has 6 heteroatoms. The molecule has 1 saturated carbocycles. The molecule has 0 radical (unpaired) electrons. The summed E-state index contributed by atoms with van der Waals surface area (Å²) in [6.45, 7) is 9.95. The lowest BCUT2D eigenvalue weighted by Gasteiger charge is -2.66. The van der Waals surface area contributed by atoms with E-state index in [-0.39, 0.29) is 18.1 Å². The molecule has 0 aromatic heterocycles. The number of ether oxygens (including phenoxy) is 3. The molecular formula is C25H35NO5. The Morgan fingerprint density at radius 1 is 1.03 bits per heavy atom. The fourth-order valence-electron chi connectivity index (χ4n) is 6.83. The fraction of sp³-hybridized carbons (Fsp3) is 0.760. The molecule has 170 valence electrons. The summed E-state index contributed by atoms with van der Waals surface area (Å²) in [6.07, 6.45) is 4.97. The summed E-state index contributed by atoms with van der Waals surface area (Å²) in [5, 5.41) is 0. The SMILES string of the molecule is C[C@@H]1CCC2[C@@H](C)[C@@H](Oc3ccc(CN4CCCC4)cc3)O[C@@H]3O[C@]4(C)CC1[C@@]23OO4. The number of benzene rings is 1. The lowest BCUT2D eigenvalue weighted by molar-refractivity contribution is -0.614. The van der Waals surface area contributed by atoms with Crippen LogP contribution in [0.2, 0.25) is 0 Å². The third kappa shape index (κ3) is 3.25. The molecule has 6 nitrogen and oxygen atoms in total. The Morgan fingerprint density at radius 2 is 1.81 bits per heavy atom. The second-order valence-corrected chi connectivity index (χ2v) is 10.7. The van der Waals surface area contributed by atoms with Crippen LogP contribution >= 0.6 is 0 Å². The zero-order chi connectivity index (χ0) is 21.2. The Kier molecular flexibility index (Phi) is 4.89. The Hall–Kier alpha value is -1.18. The van der Waals surface area contributed by atoms with Gasteiger partial charge in [0.25, 0.3) is 0 Å². The number of hydrogen-bond donors (Lipinski definition) is 0. The molecule has 1 aromatic carbocycles. The van der Waals surface area contributed by atoms with E-state index in [4.69, 9.17) is 24.0 Å². The van der Waals surface area contributed by atoms with E-state index in [0.717, 1.165) is 25.1 Å². The van der Waals surface area contributed by atoms with Crippen LogP contribution in [0, 0.1) is 23.7 Å². The highest BCUT2D eigenvalue weighted by atomic mass is 17.3. The molecule has 1 aromatic rings. The molecular weight excluding hydrogens is 394 g/mol. The standard InChI is InChI=1S/C25H35NO5/c1-16-6-11-20-17(2)22(28-23-25(20)21(16)14-24(3,29-23)30-31-25)27-19-9-7-18(8-10-19)15-26-12-4-5-13-26/h7-10,16-17,20-23H,4-6,11-15H2,1-3H3/t16-,17-,20?,21?,22+,23-,24+,25+/m1/s1. The van der Waals surface area contributed by atoms with Gasteiger partial charge in [-0.3, -0.25) is 4.90 Å². The maximum absolute atomic E-state index is 6.46. The maximum atomic E-state index is 6.46. The van der Waals surface area contributed by atoms with Crippen molar-refractivity contribution in [1.82, 2.24) is 4.90 Å². The van der Waals surface area contributed by atoms with Crippen molar-refractivity contribution in [3.8, 4) is 5.75 Å². The van der Waals surface area contributed by atoms with E-state index in [1.54, 1.807) is 0 Å². The molecule has 6 fully saturated rings. The van der Waals surface area contributed by atoms with Gasteiger partial charge in [0, 0.05) is 30.7 Å². The predicted molar refractivity (Wildman–Crippen MR) is 114 cm³/mol. The Balaban J connectivity index is 1.20. The molecule has 2 unspecified atom stereocenters. The molecule has 0 amide bonds. The van der Waals surface area contributed by atoms with Crippen LogP contribution < -0.4 is 4.74 Å². The topological polar surface area (TPSA) is 49.4 Å². The van der Waals surface area contributed by atoms with Crippen molar-refractivity contribution in [3.63, 3.8) is 0 Å². The van der Waals surface area contributed by atoms with Crippen LogP contribution in [0.5, 0.6) is 5.75 Å². The van der Waals surface area contributed by atoms with E-state index >= 15 is 0 Å². The largest absolute Gasteiger partial charge is 0.465 e. The quantitative estimate of drug-likeness (QED) is 0.658. The van der Waals surface area contributed by atoms with Crippen molar-refractivity contribution in [2.24, 2.45) is 23.7 Å². The molecule has 5 heterocycles. The molecule has 1 aliphatic carbocycles. The van der Waals surface area contributed by atoms with E-state index in [2.05, 4.69) is 43.0 Å². The normalized spacial score (nSPS) is 46.7. The van der Waals surface area contributed by atoms with Crippen molar-refractivity contribution in [3.05, 3.63) is 29.8 Å². The van der Waals surface area contributed by atoms with Gasteiger partial charge in [0.15, 0.2) is 11.9 Å². The van der Waals surface area contributed by atoms with Crippen LogP contribution in [-0.4, -0.2) is 42.0 Å². The molecule has 0 N–H and O–H groups in total. The second-order valence-electron chi connectivity index (χ2n) is 10.7. The molecule has 5 aliphatic heterocycles. The van der Waals surface area contributed by atoms with Gasteiger partial charge in [-0.25, -0.2) is 9.78 Å². The van der Waals surface area contributed by atoms with Crippen LogP contribution in [0.15, 0.2) is 24.3 Å². The molecule has 8 atom stereocenters. The van der Waals surface area contributed by atoms with Gasteiger partial charge in [0.2, 0.25) is 12.1 Å². The van der Waals surface area contributed by atoms with E-state index < -0.39 is 17.7 Å². The van der Waals surface area contributed by atoms with Gasteiger partial charge in [-0.05, 0) is 69.3 Å². The molecule has 6 aliphatic rings. The highest BCUT2D eigenvalue weighted by molar-refractivity contribution is 5.27. The van der Waals surface area contributed by atoms with E-state index in [0.29, 0.717) is 11.8 Å². The molecule has 31 heavy (non-hydrogen) atoms. The first kappa shape index (κ1) is 20.4. The minimum absolute atomic E-state index is 0.185. The van der Waals surface area contributed by atoms with Crippen molar-refractivity contribution in [1.29, 1.82) is 0 Å². The van der Waals surface area contributed by atoms with Crippen LogP contribution in [0.25, 0.3) is 0 Å². The Bertz CT molecular complexity index is 811. The highest BCUT2D eigenvalue weighted by Gasteiger charge is 2.72. The summed E-state index contributed by atoms with van der Waals surface area (Å²) >= 11 is 0. The van der Waals surface area contributed by atoms with Crippen molar-refractivity contribution in [2.75, 3.05) is 13.1 Å². The smallest absolute Gasteiger partial charge is 0.205 e. The van der Waals surface area contributed by atoms with Crippen LogP contribution in [0.3, 0.4) is 0 Å². The first-order valence-electron chi connectivity index (χ1n) is 12.1. The minimum atomic E-state index is -0.740. The van der Waals surface area contributed by atoms with Gasteiger partial charge in [-0.15, -0.1) is 0 Å². The Morgan fingerprint density at radius 3 is 2.58 bits per heavy atom. The third-order valence-corrected chi connectivity index (χ3v) is 8.56. The van der Waals surface area contributed by atoms with Gasteiger partial charge >= 0.3 is 0 Å². The lowest BCUT2D eigenvalue weighted by Crippen LogP contribution is -2.76. The average Bonchev–Trinajstić information content (AvgIpc) is 3.27. The van der Waals surface area contributed by atoms with Crippen molar-refractivity contribution in [2.45, 2.75) is 83.4 Å². The second kappa shape index (κ2) is 7.42. The van der Waals surface area contributed by atoms with Crippen LogP contribution in [0.4, 0.5) is 0 Å². The zero-order valence-corrected chi connectivity index (χ0v) is 18.9. The van der Waals surface area contributed by atoms with E-state index in [9.17, 15) is 0 Å². The molecule has 5 saturated heterocycles. The highest BCUT2D eigenvalue weighted by Crippen LogP contribution is 2.62. The first-order valence-corrected chi connectivity index (χ1v) is 12.1. The van der Waals surface area contributed by atoms with Gasteiger partial charge < -0.3 is 14.2 Å². The number of likely N-dealkylation sites (tertiary alicyclic amines) is 1. The van der Waals surface area contributed by atoms with E-state index in [1.165, 1.54) is 37.9 Å². The van der Waals surface area contributed by atoms with Gasteiger partial charge in [-0.2, -0.15) is 0 Å². The van der Waals surface area contributed by atoms with Gasteiger partial charge in [0.05, 0.1) is 0 Å². The first-order chi connectivity index (χ1) is 15.0. The van der Waals surface area contributed by atoms with Crippen molar-refractivity contribution >= 4 is 0 Å². The average molecular weight is 430 g/mol. The predicted octanol–water partition coefficient (Wildman–Crippen LogP) is 4.48. The number of hydrogen-bond acceptors (Lipinski definition) is 6. The summed E-state index contributed by atoms with van der Waals surface area (Å²) in [7, 11) is 0. The molecule has 2 bridgehead atoms. The monoisotopic (exact) mass is 429 g/mol. The number of rotatable bonds is 4. The Labute approximate surface area is 185 Å². The zero-order valence-electron chi connectivity index (χ0n) is 18.9. The fourth-order valence-corrected chi connectivity index (χ4v) is 6.83.